The SMILES string of the molecule is Cc1cc(-[s+]2ccc3ccccc32)cc(C)c1OCC(=O)OC(C)(C)C#Cc1cccc(I)c1. The van der Waals surface area contributed by atoms with Crippen LogP contribution in [0.15, 0.2) is 72.1 Å². The second-order valence-electron chi connectivity index (χ2n) is 8.60. The van der Waals surface area contributed by atoms with Gasteiger partial charge in [-0.15, -0.1) is 0 Å². The maximum absolute atomic E-state index is 12.5. The molecule has 5 heteroatoms. The number of benzene rings is 3. The van der Waals surface area contributed by atoms with E-state index in [1.54, 1.807) is 13.8 Å². The predicted molar refractivity (Wildman–Crippen MR) is 149 cm³/mol. The number of fused-ring (bicyclic) bond motifs is 1. The second kappa shape index (κ2) is 10.2. The third kappa shape index (κ3) is 5.81. The van der Waals surface area contributed by atoms with Gasteiger partial charge in [-0.3, -0.25) is 0 Å². The van der Waals surface area contributed by atoms with Crippen molar-refractivity contribution in [2.24, 2.45) is 0 Å². The van der Waals surface area contributed by atoms with E-state index < -0.39 is 11.6 Å². The van der Waals surface area contributed by atoms with Crippen molar-refractivity contribution in [1.29, 1.82) is 0 Å². The zero-order chi connectivity index (χ0) is 24.3. The van der Waals surface area contributed by atoms with Crippen molar-refractivity contribution in [3.63, 3.8) is 0 Å². The monoisotopic (exact) mass is 581 g/mol. The molecule has 172 valence electrons. The highest BCUT2D eigenvalue weighted by molar-refractivity contribution is 14.1. The summed E-state index contributed by atoms with van der Waals surface area (Å²) in [4.78, 5) is 13.8. The van der Waals surface area contributed by atoms with Crippen LogP contribution in [-0.2, 0) is 9.53 Å². The topological polar surface area (TPSA) is 35.5 Å². The van der Waals surface area contributed by atoms with E-state index in [0.29, 0.717) is 0 Å². The average Bonchev–Trinajstić information content (AvgIpc) is 3.21. The molecule has 0 aliphatic rings. The molecule has 0 aliphatic carbocycles. The molecule has 4 rings (SSSR count). The van der Waals surface area contributed by atoms with Gasteiger partial charge in [0.2, 0.25) is 0 Å². The van der Waals surface area contributed by atoms with Gasteiger partial charge in [0.05, 0.1) is 0 Å². The van der Waals surface area contributed by atoms with E-state index in [1.165, 1.54) is 15.0 Å². The molecule has 0 N–H and O–H groups in total. The van der Waals surface area contributed by atoms with Gasteiger partial charge in [-0.2, -0.15) is 0 Å². The molecule has 0 saturated carbocycles. The van der Waals surface area contributed by atoms with Crippen LogP contribution >= 0.6 is 33.1 Å². The average molecular weight is 581 g/mol. The first-order valence-electron chi connectivity index (χ1n) is 11.0. The number of thiophene rings is 1. The zero-order valence-electron chi connectivity index (χ0n) is 19.6. The quantitative estimate of drug-likeness (QED) is 0.106. The summed E-state index contributed by atoms with van der Waals surface area (Å²) in [5.74, 6) is 6.41. The minimum Gasteiger partial charge on any atom is -0.481 e. The lowest BCUT2D eigenvalue weighted by atomic mass is 10.1. The van der Waals surface area contributed by atoms with E-state index in [1.807, 2.05) is 38.1 Å². The number of ether oxygens (including phenoxy) is 2. The number of carbonyl (C=O) groups is 1. The lowest BCUT2D eigenvalue weighted by Crippen LogP contribution is -2.29. The predicted octanol–water partition coefficient (Wildman–Crippen LogP) is 7.55. The van der Waals surface area contributed by atoms with E-state index in [0.717, 1.165) is 26.0 Å². The summed E-state index contributed by atoms with van der Waals surface area (Å²) in [6.45, 7) is 7.44. The summed E-state index contributed by atoms with van der Waals surface area (Å²) >= 11 is 2.25. The van der Waals surface area contributed by atoms with Crippen LogP contribution in [0.1, 0.15) is 30.5 Å². The van der Waals surface area contributed by atoms with E-state index in [-0.39, 0.29) is 17.1 Å². The Hall–Kier alpha value is -2.82. The number of rotatable bonds is 5. The van der Waals surface area contributed by atoms with Gasteiger partial charge in [0.1, 0.15) is 11.1 Å². The molecule has 0 aliphatic heterocycles. The highest BCUT2D eigenvalue weighted by Gasteiger charge is 2.22. The fraction of sp³-hybridized carbons (Fsp3) is 0.207. The highest BCUT2D eigenvalue weighted by Crippen LogP contribution is 2.42. The van der Waals surface area contributed by atoms with Gasteiger partial charge in [-0.05, 0) is 91.7 Å². The van der Waals surface area contributed by atoms with Crippen LogP contribution in [0.25, 0.3) is 15.0 Å². The number of hydrogen-bond acceptors (Lipinski definition) is 3. The molecule has 34 heavy (non-hydrogen) atoms. The Bertz CT molecular complexity index is 1400. The zero-order valence-corrected chi connectivity index (χ0v) is 22.6. The normalized spacial score (nSPS) is 11.6. The van der Waals surface area contributed by atoms with E-state index >= 15 is 0 Å². The van der Waals surface area contributed by atoms with Gasteiger partial charge < -0.3 is 9.47 Å². The van der Waals surface area contributed by atoms with Crippen LogP contribution in [-0.4, -0.2) is 18.2 Å². The standard InChI is InChI=1S/C29H26IO3S/c1-20-16-25(34-15-13-23-9-5-6-11-26(23)34)17-21(2)28(20)32-19-27(31)33-29(3,4)14-12-22-8-7-10-24(30)18-22/h5-11,13,15-18H,19H2,1-4H3/q+1. The summed E-state index contributed by atoms with van der Waals surface area (Å²) in [5.41, 5.74) is 1.98. The van der Waals surface area contributed by atoms with Crippen LogP contribution in [0.5, 0.6) is 5.75 Å². The van der Waals surface area contributed by atoms with Gasteiger partial charge in [0.25, 0.3) is 0 Å². The van der Waals surface area contributed by atoms with Crippen molar-refractivity contribution in [1.82, 2.24) is 0 Å². The Kier molecular flexibility index (Phi) is 7.30. The van der Waals surface area contributed by atoms with E-state index in [2.05, 4.69) is 82.3 Å². The molecule has 0 bridgehead atoms. The Labute approximate surface area is 217 Å². The minimum atomic E-state index is -0.918. The lowest BCUT2D eigenvalue weighted by molar-refractivity contribution is -0.154. The van der Waals surface area contributed by atoms with Crippen LogP contribution < -0.4 is 4.74 Å². The summed E-state index contributed by atoms with van der Waals surface area (Å²) in [6, 6.07) is 22.9. The molecule has 0 fully saturated rings. The van der Waals surface area contributed by atoms with Crippen molar-refractivity contribution in [2.75, 3.05) is 6.61 Å². The number of carbonyl (C=O) groups excluding carboxylic acids is 1. The molecule has 1 heterocycles. The summed E-state index contributed by atoms with van der Waals surface area (Å²) < 4.78 is 13.9. The summed E-state index contributed by atoms with van der Waals surface area (Å²) in [6.07, 6.45) is 0. The first kappa shape index (κ1) is 24.3. The van der Waals surface area contributed by atoms with Crippen molar-refractivity contribution in [3.05, 3.63) is 92.4 Å². The Morgan fingerprint density at radius 3 is 2.47 bits per heavy atom. The molecule has 1 aromatic heterocycles. The van der Waals surface area contributed by atoms with Gasteiger partial charge >= 0.3 is 5.97 Å². The van der Waals surface area contributed by atoms with Gasteiger partial charge in [-0.25, -0.2) is 4.79 Å². The molecule has 0 saturated heterocycles. The van der Waals surface area contributed by atoms with Gasteiger partial charge in [-0.1, -0.05) is 30.0 Å². The van der Waals surface area contributed by atoms with Crippen LogP contribution in [0.2, 0.25) is 0 Å². The number of aryl methyl sites for hydroxylation is 2. The van der Waals surface area contributed by atoms with Gasteiger partial charge in [0, 0.05) is 43.2 Å². The molecule has 1 unspecified atom stereocenters. The Balaban J connectivity index is 1.44. The van der Waals surface area contributed by atoms with Crippen molar-refractivity contribution >= 4 is 49.1 Å². The molecule has 0 spiro atoms. The smallest absolute Gasteiger partial charge is 0.345 e. The minimum absolute atomic E-state index is 0.0838. The molecule has 4 aromatic rings. The van der Waals surface area contributed by atoms with Crippen molar-refractivity contribution in [2.45, 2.75) is 33.3 Å². The maximum atomic E-state index is 12.5. The molecule has 3 nitrogen and oxygen atoms in total. The summed E-state index contributed by atoms with van der Waals surface area (Å²) in [5, 5.41) is 3.54. The maximum Gasteiger partial charge on any atom is 0.345 e. The Morgan fingerprint density at radius 1 is 1.00 bits per heavy atom. The highest BCUT2D eigenvalue weighted by atomic mass is 127. The molecule has 0 amide bonds. The first-order chi connectivity index (χ1) is 16.2. The fourth-order valence-corrected chi connectivity index (χ4v) is 6.37. The third-order valence-electron chi connectivity index (χ3n) is 5.26. The Morgan fingerprint density at radius 2 is 1.74 bits per heavy atom. The molecular weight excluding hydrogens is 555 g/mol. The lowest BCUT2D eigenvalue weighted by Gasteiger charge is -2.19. The van der Waals surface area contributed by atoms with E-state index in [4.69, 9.17) is 9.47 Å². The first-order valence-corrected chi connectivity index (χ1v) is 13.3. The second-order valence-corrected chi connectivity index (χ2v) is 11.7. The van der Waals surface area contributed by atoms with E-state index in [9.17, 15) is 4.79 Å². The largest absolute Gasteiger partial charge is 0.481 e. The molecule has 0 radical (unpaired) electrons. The molecule has 1 atom stereocenters. The van der Waals surface area contributed by atoms with Crippen molar-refractivity contribution in [3.8, 4) is 22.5 Å². The fourth-order valence-electron chi connectivity index (χ4n) is 3.76. The third-order valence-corrected chi connectivity index (χ3v) is 7.93. The van der Waals surface area contributed by atoms with Crippen LogP contribution in [0, 0.1) is 29.3 Å². The van der Waals surface area contributed by atoms with Crippen LogP contribution in [0.4, 0.5) is 0 Å². The number of hydrogen-bond donors (Lipinski definition) is 0. The van der Waals surface area contributed by atoms with Gasteiger partial charge in [0.15, 0.2) is 21.8 Å². The molecule has 3 aromatic carbocycles. The summed E-state index contributed by atoms with van der Waals surface area (Å²) in [7, 11) is -0.0838. The molecular formula is C29H26IO3S+. The number of halogens is 1. The number of esters is 1. The van der Waals surface area contributed by atoms with Crippen molar-refractivity contribution < 1.29 is 14.3 Å². The van der Waals surface area contributed by atoms with Crippen LogP contribution in [0.3, 0.4) is 0 Å².